The molecule has 1 amide bonds. The van der Waals surface area contributed by atoms with Crippen LogP contribution >= 0.6 is 0 Å². The molecule has 0 aliphatic carbocycles. The minimum absolute atomic E-state index is 0.0358. The Kier molecular flexibility index (Phi) is 5.30. The van der Waals surface area contributed by atoms with E-state index in [0.717, 1.165) is 6.07 Å². The number of benzene rings is 2. The van der Waals surface area contributed by atoms with E-state index in [1.165, 1.54) is 18.0 Å². The van der Waals surface area contributed by atoms with Gasteiger partial charge in [-0.25, -0.2) is 9.18 Å². The van der Waals surface area contributed by atoms with Crippen LogP contribution in [0.5, 0.6) is 0 Å². The van der Waals surface area contributed by atoms with Crippen LogP contribution in [0.15, 0.2) is 63.8 Å². The highest BCUT2D eigenvalue weighted by atomic mass is 19.1. The smallest absolute Gasteiger partial charge is 0.374 e. The highest BCUT2D eigenvalue weighted by molar-refractivity contribution is 5.90. The van der Waals surface area contributed by atoms with Gasteiger partial charge in [-0.15, -0.1) is 0 Å². The molecule has 2 aromatic carbocycles. The first-order valence-corrected chi connectivity index (χ1v) is 8.13. The van der Waals surface area contributed by atoms with E-state index < -0.39 is 24.3 Å². The molecule has 0 N–H and O–H groups in total. The van der Waals surface area contributed by atoms with Crippen molar-refractivity contribution in [1.29, 1.82) is 0 Å². The molecule has 7 heteroatoms. The summed E-state index contributed by atoms with van der Waals surface area (Å²) in [4.78, 5) is 37.4. The Morgan fingerprint density at radius 1 is 1.11 bits per heavy atom. The Hall–Kier alpha value is -3.48. The first-order valence-electron chi connectivity index (χ1n) is 8.13. The zero-order valence-electron chi connectivity index (χ0n) is 14.5. The zero-order valence-corrected chi connectivity index (χ0v) is 14.5. The van der Waals surface area contributed by atoms with Gasteiger partial charge in [0.15, 0.2) is 12.0 Å². The van der Waals surface area contributed by atoms with Crippen molar-refractivity contribution in [3.8, 4) is 0 Å². The minimum atomic E-state index is -0.925. The Morgan fingerprint density at radius 2 is 1.81 bits per heavy atom. The lowest BCUT2D eigenvalue weighted by atomic mass is 10.2. The molecule has 0 aliphatic heterocycles. The van der Waals surface area contributed by atoms with Crippen LogP contribution in [-0.4, -0.2) is 30.4 Å². The van der Waals surface area contributed by atoms with Gasteiger partial charge in [-0.05, 0) is 18.2 Å². The molecule has 0 atom stereocenters. The number of rotatable bonds is 5. The van der Waals surface area contributed by atoms with Crippen molar-refractivity contribution in [2.45, 2.75) is 6.54 Å². The standard InChI is InChI=1S/C20H16FNO5/c1-22(11-13-6-2-4-8-15(13)21)19(24)12-26-20(25)18-10-16(23)14-7-3-5-9-17(14)27-18/h2-10H,11-12H2,1H3. The van der Waals surface area contributed by atoms with Crippen LogP contribution in [0, 0.1) is 5.82 Å². The van der Waals surface area contributed by atoms with Crippen molar-refractivity contribution in [2.24, 2.45) is 0 Å². The fraction of sp³-hybridized carbons (Fsp3) is 0.150. The third-order valence-electron chi connectivity index (χ3n) is 3.95. The summed E-state index contributed by atoms with van der Waals surface area (Å²) in [5, 5.41) is 0.342. The first-order chi connectivity index (χ1) is 13.0. The number of amides is 1. The molecule has 1 aromatic heterocycles. The Bertz CT molecular complexity index is 1060. The molecular weight excluding hydrogens is 353 g/mol. The van der Waals surface area contributed by atoms with E-state index in [9.17, 15) is 18.8 Å². The molecule has 1 heterocycles. The van der Waals surface area contributed by atoms with Gasteiger partial charge in [0.25, 0.3) is 5.91 Å². The lowest BCUT2D eigenvalue weighted by Gasteiger charge is -2.17. The van der Waals surface area contributed by atoms with Gasteiger partial charge in [-0.1, -0.05) is 30.3 Å². The quantitative estimate of drug-likeness (QED) is 0.647. The Balaban J connectivity index is 1.64. The van der Waals surface area contributed by atoms with Crippen LogP contribution in [-0.2, 0) is 16.1 Å². The normalized spacial score (nSPS) is 10.6. The van der Waals surface area contributed by atoms with Gasteiger partial charge in [0.05, 0.1) is 5.39 Å². The second-order valence-electron chi connectivity index (χ2n) is 5.89. The number of halogens is 1. The molecule has 138 valence electrons. The average molecular weight is 369 g/mol. The molecule has 0 unspecified atom stereocenters. The molecular formula is C20H16FNO5. The highest BCUT2D eigenvalue weighted by Crippen LogP contribution is 2.13. The molecule has 27 heavy (non-hydrogen) atoms. The van der Waals surface area contributed by atoms with Gasteiger partial charge in [0.2, 0.25) is 5.76 Å². The van der Waals surface area contributed by atoms with Crippen LogP contribution in [0.2, 0.25) is 0 Å². The number of esters is 1. The summed E-state index contributed by atoms with van der Waals surface area (Å²) in [5.74, 6) is -2.16. The number of ether oxygens (including phenoxy) is 1. The van der Waals surface area contributed by atoms with E-state index in [1.807, 2.05) is 0 Å². The molecule has 3 rings (SSSR count). The van der Waals surface area contributed by atoms with Gasteiger partial charge < -0.3 is 14.1 Å². The van der Waals surface area contributed by atoms with Crippen LogP contribution in [0.1, 0.15) is 16.1 Å². The van der Waals surface area contributed by atoms with Crippen molar-refractivity contribution in [2.75, 3.05) is 13.7 Å². The topological polar surface area (TPSA) is 76.8 Å². The molecule has 6 nitrogen and oxygen atoms in total. The van der Waals surface area contributed by atoms with Crippen LogP contribution in [0.3, 0.4) is 0 Å². The highest BCUT2D eigenvalue weighted by Gasteiger charge is 2.17. The number of hydrogen-bond donors (Lipinski definition) is 0. The molecule has 3 aromatic rings. The van der Waals surface area contributed by atoms with Gasteiger partial charge in [0.1, 0.15) is 11.4 Å². The number of para-hydroxylation sites is 1. The summed E-state index contributed by atoms with van der Waals surface area (Å²) in [5.41, 5.74) is 0.215. The molecule has 0 bridgehead atoms. The number of likely N-dealkylation sites (N-methyl/N-ethyl adjacent to an activating group) is 1. The average Bonchev–Trinajstić information content (AvgIpc) is 2.67. The van der Waals surface area contributed by atoms with Crippen molar-refractivity contribution >= 4 is 22.8 Å². The zero-order chi connectivity index (χ0) is 19.4. The van der Waals surface area contributed by atoms with Gasteiger partial charge in [-0.2, -0.15) is 0 Å². The van der Waals surface area contributed by atoms with Crippen molar-refractivity contribution in [1.82, 2.24) is 4.90 Å². The van der Waals surface area contributed by atoms with E-state index in [4.69, 9.17) is 9.15 Å². The third kappa shape index (κ3) is 4.20. The predicted molar refractivity (Wildman–Crippen MR) is 95.6 cm³/mol. The predicted octanol–water partition coefficient (Wildman–Crippen LogP) is 2.75. The number of fused-ring (bicyclic) bond motifs is 1. The summed E-state index contributed by atoms with van der Waals surface area (Å²) in [6, 6.07) is 13.6. The number of nitrogens with zero attached hydrogens (tertiary/aromatic N) is 1. The number of carbonyl (C=O) groups excluding carboxylic acids is 2. The maximum atomic E-state index is 13.6. The van der Waals surface area contributed by atoms with Gasteiger partial charge in [-0.3, -0.25) is 9.59 Å². The lowest BCUT2D eigenvalue weighted by Crippen LogP contribution is -2.31. The van der Waals surface area contributed by atoms with Crippen molar-refractivity contribution in [3.63, 3.8) is 0 Å². The summed E-state index contributed by atoms with van der Waals surface area (Å²) < 4.78 is 23.9. The monoisotopic (exact) mass is 369 g/mol. The van der Waals surface area contributed by atoms with E-state index in [-0.39, 0.29) is 23.3 Å². The Labute approximate surface area is 153 Å². The van der Waals surface area contributed by atoms with E-state index in [0.29, 0.717) is 10.9 Å². The summed E-state index contributed by atoms with van der Waals surface area (Å²) in [7, 11) is 1.47. The Morgan fingerprint density at radius 3 is 2.59 bits per heavy atom. The molecule has 0 aliphatic rings. The molecule has 0 radical (unpaired) electrons. The molecule has 0 saturated carbocycles. The first kappa shape index (κ1) is 18.3. The molecule has 0 fully saturated rings. The van der Waals surface area contributed by atoms with Crippen molar-refractivity contribution in [3.05, 3.63) is 82.0 Å². The summed E-state index contributed by atoms with van der Waals surface area (Å²) >= 11 is 0. The molecule has 0 saturated heterocycles. The second-order valence-corrected chi connectivity index (χ2v) is 5.89. The SMILES string of the molecule is CN(Cc1ccccc1F)C(=O)COC(=O)c1cc(=O)c2ccccc2o1. The maximum Gasteiger partial charge on any atom is 0.374 e. The lowest BCUT2D eigenvalue weighted by molar-refractivity contribution is -0.133. The van der Waals surface area contributed by atoms with Crippen LogP contribution < -0.4 is 5.43 Å². The van der Waals surface area contributed by atoms with E-state index >= 15 is 0 Å². The summed E-state index contributed by atoms with van der Waals surface area (Å²) in [6.07, 6.45) is 0. The third-order valence-corrected chi connectivity index (χ3v) is 3.95. The van der Waals surface area contributed by atoms with Crippen LogP contribution in [0.25, 0.3) is 11.0 Å². The number of hydrogen-bond acceptors (Lipinski definition) is 5. The second kappa shape index (κ2) is 7.82. The van der Waals surface area contributed by atoms with Gasteiger partial charge >= 0.3 is 5.97 Å². The van der Waals surface area contributed by atoms with Gasteiger partial charge in [0, 0.05) is 25.2 Å². The minimum Gasteiger partial charge on any atom is -0.450 e. The van der Waals surface area contributed by atoms with E-state index in [1.54, 1.807) is 42.5 Å². The number of carbonyl (C=O) groups is 2. The van der Waals surface area contributed by atoms with Crippen LogP contribution in [0.4, 0.5) is 4.39 Å². The maximum absolute atomic E-state index is 13.6. The fourth-order valence-electron chi connectivity index (χ4n) is 2.48. The molecule has 0 spiro atoms. The van der Waals surface area contributed by atoms with E-state index in [2.05, 4.69) is 0 Å². The fourth-order valence-corrected chi connectivity index (χ4v) is 2.48. The van der Waals surface area contributed by atoms with Crippen molar-refractivity contribution < 1.29 is 23.1 Å². The summed E-state index contributed by atoms with van der Waals surface area (Å²) in [6.45, 7) is -0.519. The largest absolute Gasteiger partial charge is 0.450 e.